The summed E-state index contributed by atoms with van der Waals surface area (Å²) in [4.78, 5) is 14.9. The van der Waals surface area contributed by atoms with Gasteiger partial charge in [-0.3, -0.25) is 4.79 Å². The van der Waals surface area contributed by atoms with E-state index in [1.807, 2.05) is 24.3 Å². The lowest BCUT2D eigenvalue weighted by Crippen LogP contribution is -2.30. The Morgan fingerprint density at radius 2 is 1.26 bits per heavy atom. The molecule has 0 radical (unpaired) electrons. The van der Waals surface area contributed by atoms with Gasteiger partial charge in [-0.2, -0.15) is 0 Å². The Morgan fingerprint density at radius 1 is 0.711 bits per heavy atom. The number of halogens is 3. The Balaban J connectivity index is 1.73. The normalized spacial score (nSPS) is 12.0. The average molecular weight is 573 g/mol. The van der Waals surface area contributed by atoms with Crippen LogP contribution in [0.1, 0.15) is 76.7 Å². The Hall–Kier alpha value is -2.26. The van der Waals surface area contributed by atoms with Crippen LogP contribution in [0.3, 0.4) is 0 Å². The molecule has 0 fully saturated rings. The first kappa shape index (κ1) is 32.0. The van der Waals surface area contributed by atoms with Gasteiger partial charge in [-0.1, -0.05) is 115 Å². The second-order valence-electron chi connectivity index (χ2n) is 9.18. The molecule has 2 aromatic rings. The Morgan fingerprint density at radius 3 is 1.84 bits per heavy atom. The lowest BCUT2D eigenvalue weighted by atomic mass is 10.1. The zero-order chi connectivity index (χ0) is 27.4. The molecule has 0 aromatic heterocycles. The van der Waals surface area contributed by atoms with E-state index in [1.54, 1.807) is 23.1 Å². The third-order valence-corrected chi connectivity index (χ3v) is 6.76. The summed E-state index contributed by atoms with van der Waals surface area (Å²) in [5.74, 6) is 0.0278. The number of benzene rings is 2. The van der Waals surface area contributed by atoms with Gasteiger partial charge in [0.2, 0.25) is 5.91 Å². The minimum absolute atomic E-state index is 0.0278. The molecule has 5 heteroatoms. The van der Waals surface area contributed by atoms with Gasteiger partial charge in [0.25, 0.3) is 0 Å². The van der Waals surface area contributed by atoms with Crippen LogP contribution in [0.15, 0.2) is 91.1 Å². The number of anilines is 1. The predicted molar refractivity (Wildman–Crippen MR) is 168 cm³/mol. The third-order valence-electron chi connectivity index (χ3n) is 5.97. The van der Waals surface area contributed by atoms with Crippen LogP contribution in [-0.4, -0.2) is 5.91 Å². The molecular formula is C33H40Cl3NO. The topological polar surface area (TPSA) is 20.3 Å². The molecule has 0 aliphatic carbocycles. The van der Waals surface area contributed by atoms with Crippen molar-refractivity contribution in [3.05, 3.63) is 112 Å². The quantitative estimate of drug-likeness (QED) is 0.136. The third kappa shape index (κ3) is 13.5. The van der Waals surface area contributed by atoms with Crippen LogP contribution in [-0.2, 0) is 11.3 Å². The number of amides is 1. The molecular weight excluding hydrogens is 533 g/mol. The molecule has 0 spiro atoms. The van der Waals surface area contributed by atoms with Crippen LogP contribution in [0.2, 0.25) is 15.1 Å². The molecule has 2 aromatic carbocycles. The average Bonchev–Trinajstić information content (AvgIpc) is 2.90. The minimum Gasteiger partial charge on any atom is -0.306 e. The highest BCUT2D eigenvalue weighted by atomic mass is 35.5. The summed E-state index contributed by atoms with van der Waals surface area (Å²) in [5.41, 5.74) is 1.64. The molecule has 0 aliphatic heterocycles. The molecule has 0 heterocycles. The van der Waals surface area contributed by atoms with E-state index in [9.17, 15) is 4.79 Å². The number of hydrogen-bond donors (Lipinski definition) is 0. The number of carbonyl (C=O) groups is 1. The molecule has 0 N–H and O–H groups in total. The monoisotopic (exact) mass is 571 g/mol. The van der Waals surface area contributed by atoms with Gasteiger partial charge in [-0.15, -0.1) is 0 Å². The van der Waals surface area contributed by atoms with Gasteiger partial charge in [-0.05, 0) is 80.8 Å². The number of unbranched alkanes of at least 4 members (excludes halogenated alkanes) is 4. The van der Waals surface area contributed by atoms with Crippen LogP contribution in [0.5, 0.6) is 0 Å². The predicted octanol–water partition coefficient (Wildman–Crippen LogP) is 11.3. The molecule has 0 saturated heterocycles. The van der Waals surface area contributed by atoms with Gasteiger partial charge in [0.15, 0.2) is 0 Å². The van der Waals surface area contributed by atoms with Crippen molar-refractivity contribution in [2.24, 2.45) is 0 Å². The van der Waals surface area contributed by atoms with Crippen molar-refractivity contribution in [3.8, 4) is 0 Å². The van der Waals surface area contributed by atoms with Gasteiger partial charge < -0.3 is 4.90 Å². The molecule has 2 nitrogen and oxygen atoms in total. The second kappa shape index (κ2) is 19.8. The highest BCUT2D eigenvalue weighted by Crippen LogP contribution is 2.31. The summed E-state index contributed by atoms with van der Waals surface area (Å²) in [7, 11) is 0. The van der Waals surface area contributed by atoms with E-state index >= 15 is 0 Å². The van der Waals surface area contributed by atoms with Gasteiger partial charge in [0.1, 0.15) is 0 Å². The number of carbonyl (C=O) groups excluding carboxylic acids is 1. The molecule has 0 unspecified atom stereocenters. The number of allylic oxidation sites excluding steroid dienone is 8. The summed E-state index contributed by atoms with van der Waals surface area (Å²) in [5, 5.41) is 1.66. The summed E-state index contributed by atoms with van der Waals surface area (Å²) in [6.45, 7) is 2.65. The first-order chi connectivity index (χ1) is 18.5. The van der Waals surface area contributed by atoms with E-state index in [4.69, 9.17) is 34.8 Å². The molecule has 1 amide bonds. The van der Waals surface area contributed by atoms with Crippen molar-refractivity contribution in [2.45, 2.75) is 77.7 Å². The van der Waals surface area contributed by atoms with Crippen molar-refractivity contribution in [3.63, 3.8) is 0 Å². The SMILES string of the molecule is CCCCC/C=C\C/C=C\C/C=C\C/C=C\CCCC(=O)N(Cc1ccc(Cl)cc1)c1ccc(Cl)cc1Cl. The van der Waals surface area contributed by atoms with Crippen LogP contribution in [0, 0.1) is 0 Å². The van der Waals surface area contributed by atoms with E-state index in [0.717, 1.165) is 37.7 Å². The van der Waals surface area contributed by atoms with Crippen LogP contribution < -0.4 is 4.90 Å². The molecule has 38 heavy (non-hydrogen) atoms. The Kier molecular flexibility index (Phi) is 16.6. The van der Waals surface area contributed by atoms with Crippen molar-refractivity contribution >= 4 is 46.4 Å². The number of rotatable bonds is 17. The smallest absolute Gasteiger partial charge is 0.227 e. The van der Waals surface area contributed by atoms with Gasteiger partial charge in [-0.25, -0.2) is 0 Å². The minimum atomic E-state index is 0.0278. The second-order valence-corrected chi connectivity index (χ2v) is 10.5. The lowest BCUT2D eigenvalue weighted by Gasteiger charge is -2.24. The van der Waals surface area contributed by atoms with Crippen LogP contribution >= 0.6 is 34.8 Å². The molecule has 204 valence electrons. The van der Waals surface area contributed by atoms with E-state index in [0.29, 0.717) is 33.7 Å². The summed E-state index contributed by atoms with van der Waals surface area (Å²) < 4.78 is 0. The van der Waals surface area contributed by atoms with Crippen molar-refractivity contribution in [1.29, 1.82) is 0 Å². The lowest BCUT2D eigenvalue weighted by molar-refractivity contribution is -0.118. The maximum Gasteiger partial charge on any atom is 0.227 e. The standard InChI is InChI=1S/C33H40Cl3NO/c1-2-3-4-5-6-7-8-9-10-11-12-13-14-15-16-17-18-19-33(38)37(27-28-20-22-29(34)23-21-28)32-25-24-30(35)26-31(32)36/h6-7,9-10,12-13,15-16,20-26H,2-5,8,11,14,17-19,27H2,1H3/b7-6-,10-9-,13-12-,16-15-. The van der Waals surface area contributed by atoms with Gasteiger partial charge >= 0.3 is 0 Å². The maximum absolute atomic E-state index is 13.2. The number of nitrogens with zero attached hydrogens (tertiary/aromatic N) is 1. The molecule has 0 saturated carbocycles. The van der Waals surface area contributed by atoms with Crippen LogP contribution in [0.4, 0.5) is 5.69 Å². The molecule has 0 bridgehead atoms. The van der Waals surface area contributed by atoms with Gasteiger partial charge in [0.05, 0.1) is 17.3 Å². The molecule has 0 atom stereocenters. The highest BCUT2D eigenvalue weighted by Gasteiger charge is 2.18. The first-order valence-electron chi connectivity index (χ1n) is 13.6. The molecule has 0 aliphatic rings. The number of hydrogen-bond acceptors (Lipinski definition) is 1. The zero-order valence-electron chi connectivity index (χ0n) is 22.4. The fourth-order valence-electron chi connectivity index (χ4n) is 3.85. The summed E-state index contributed by atoms with van der Waals surface area (Å²) >= 11 is 18.5. The Bertz CT molecular complexity index is 1070. The fraction of sp³-hybridized carbons (Fsp3) is 0.364. The van der Waals surface area contributed by atoms with Crippen molar-refractivity contribution in [2.75, 3.05) is 4.90 Å². The summed E-state index contributed by atoms with van der Waals surface area (Å²) in [6.07, 6.45) is 27.7. The van der Waals surface area contributed by atoms with E-state index in [1.165, 1.54) is 25.7 Å². The van der Waals surface area contributed by atoms with Crippen LogP contribution in [0.25, 0.3) is 0 Å². The first-order valence-corrected chi connectivity index (χ1v) is 14.7. The van der Waals surface area contributed by atoms with E-state index in [2.05, 4.69) is 55.5 Å². The van der Waals surface area contributed by atoms with Gasteiger partial charge in [0, 0.05) is 16.5 Å². The van der Waals surface area contributed by atoms with E-state index in [-0.39, 0.29) is 5.91 Å². The largest absolute Gasteiger partial charge is 0.306 e. The van der Waals surface area contributed by atoms with Crippen molar-refractivity contribution in [1.82, 2.24) is 0 Å². The Labute approximate surface area is 244 Å². The zero-order valence-corrected chi connectivity index (χ0v) is 24.7. The molecule has 2 rings (SSSR count). The van der Waals surface area contributed by atoms with Crippen molar-refractivity contribution < 1.29 is 4.79 Å². The maximum atomic E-state index is 13.2. The van der Waals surface area contributed by atoms with E-state index < -0.39 is 0 Å². The fourth-order valence-corrected chi connectivity index (χ4v) is 4.48. The highest BCUT2D eigenvalue weighted by molar-refractivity contribution is 6.36. The summed E-state index contributed by atoms with van der Waals surface area (Å²) in [6, 6.07) is 12.7.